The van der Waals surface area contributed by atoms with Gasteiger partial charge in [-0.1, -0.05) is 0 Å². The Labute approximate surface area is 127 Å². The average molecular weight is 304 g/mol. The number of rotatable bonds is 5. The molecule has 0 saturated heterocycles. The quantitative estimate of drug-likeness (QED) is 0.872. The van der Waals surface area contributed by atoms with Crippen LogP contribution in [0.1, 0.15) is 30.3 Å². The number of carbonyl (C=O) groups is 1. The zero-order valence-corrected chi connectivity index (χ0v) is 12.2. The number of carbonyl (C=O) groups excluding carboxylic acids is 1. The summed E-state index contributed by atoms with van der Waals surface area (Å²) in [6, 6.07) is 5.65. The van der Waals surface area contributed by atoms with E-state index in [9.17, 15) is 14.3 Å². The van der Waals surface area contributed by atoms with E-state index in [1.807, 2.05) is 6.92 Å². The van der Waals surface area contributed by atoms with Crippen LogP contribution in [0.3, 0.4) is 0 Å². The standard InChI is InChI=1S/C15H17FN4O2/c1-15(9-21,10-2-3-10)18-14(22)13-8-17-20(19-13)12-6-4-11(16)5-7-12/h4-8,10,21H,2-3,9H2,1H3,(H,18,22). The Hall–Kier alpha value is -2.28. The van der Waals surface area contributed by atoms with E-state index in [0.717, 1.165) is 12.8 Å². The molecule has 0 aliphatic heterocycles. The highest BCUT2D eigenvalue weighted by molar-refractivity contribution is 5.92. The second kappa shape index (κ2) is 5.49. The van der Waals surface area contributed by atoms with Gasteiger partial charge in [0.25, 0.3) is 5.91 Å². The van der Waals surface area contributed by atoms with Crippen LogP contribution in [-0.4, -0.2) is 38.2 Å². The molecule has 1 atom stereocenters. The summed E-state index contributed by atoms with van der Waals surface area (Å²) < 4.78 is 12.9. The van der Waals surface area contributed by atoms with Crippen LogP contribution in [0, 0.1) is 11.7 Å². The molecule has 22 heavy (non-hydrogen) atoms. The van der Waals surface area contributed by atoms with Crippen LogP contribution in [0.4, 0.5) is 4.39 Å². The molecule has 7 heteroatoms. The molecule has 116 valence electrons. The maximum Gasteiger partial charge on any atom is 0.273 e. The molecule has 3 rings (SSSR count). The first kappa shape index (κ1) is 14.6. The van der Waals surface area contributed by atoms with Crippen molar-refractivity contribution >= 4 is 5.91 Å². The number of aromatic nitrogens is 3. The largest absolute Gasteiger partial charge is 0.394 e. The van der Waals surface area contributed by atoms with Gasteiger partial charge < -0.3 is 10.4 Å². The fourth-order valence-corrected chi connectivity index (χ4v) is 2.38. The van der Waals surface area contributed by atoms with Crippen LogP contribution in [0.25, 0.3) is 5.69 Å². The fourth-order valence-electron chi connectivity index (χ4n) is 2.38. The summed E-state index contributed by atoms with van der Waals surface area (Å²) in [6.45, 7) is 1.71. The Balaban J connectivity index is 1.75. The minimum Gasteiger partial charge on any atom is -0.394 e. The van der Waals surface area contributed by atoms with Crippen LogP contribution in [0.15, 0.2) is 30.5 Å². The lowest BCUT2D eigenvalue weighted by Crippen LogP contribution is -2.50. The number of hydrogen-bond donors (Lipinski definition) is 2. The SMILES string of the molecule is CC(CO)(NC(=O)c1cnn(-c2ccc(F)cc2)n1)C1CC1. The lowest BCUT2D eigenvalue weighted by atomic mass is 9.97. The Kier molecular flexibility index (Phi) is 3.66. The molecule has 1 aromatic heterocycles. The predicted octanol–water partition coefficient (Wildman–Crippen LogP) is 1.30. The number of halogens is 1. The molecule has 2 aromatic rings. The number of aliphatic hydroxyl groups is 1. The maximum atomic E-state index is 12.9. The zero-order chi connectivity index (χ0) is 15.7. The molecular formula is C15H17FN4O2. The molecule has 2 N–H and O–H groups in total. The van der Waals surface area contributed by atoms with Crippen LogP contribution < -0.4 is 5.32 Å². The minimum atomic E-state index is -0.628. The number of nitrogens with zero attached hydrogens (tertiary/aromatic N) is 3. The van der Waals surface area contributed by atoms with Crippen molar-refractivity contribution < 1.29 is 14.3 Å². The van der Waals surface area contributed by atoms with Crippen LogP contribution in [0.2, 0.25) is 0 Å². The lowest BCUT2D eigenvalue weighted by Gasteiger charge is -2.28. The smallest absolute Gasteiger partial charge is 0.273 e. The highest BCUT2D eigenvalue weighted by atomic mass is 19.1. The van der Waals surface area contributed by atoms with Gasteiger partial charge in [0.2, 0.25) is 0 Å². The van der Waals surface area contributed by atoms with Gasteiger partial charge in [-0.05, 0) is 49.9 Å². The van der Waals surface area contributed by atoms with Crippen molar-refractivity contribution in [1.29, 1.82) is 0 Å². The first-order valence-electron chi connectivity index (χ1n) is 7.13. The highest BCUT2D eigenvalue weighted by Gasteiger charge is 2.42. The van der Waals surface area contributed by atoms with Gasteiger partial charge in [0.1, 0.15) is 5.82 Å². The number of amides is 1. The third kappa shape index (κ3) is 2.85. The first-order chi connectivity index (χ1) is 10.5. The number of hydrogen-bond acceptors (Lipinski definition) is 4. The van der Waals surface area contributed by atoms with E-state index < -0.39 is 5.54 Å². The van der Waals surface area contributed by atoms with E-state index in [0.29, 0.717) is 11.6 Å². The number of aliphatic hydroxyl groups excluding tert-OH is 1. The third-order valence-electron chi connectivity index (χ3n) is 3.99. The van der Waals surface area contributed by atoms with E-state index in [1.165, 1.54) is 35.3 Å². The van der Waals surface area contributed by atoms with Gasteiger partial charge in [-0.2, -0.15) is 9.90 Å². The summed E-state index contributed by atoms with van der Waals surface area (Å²) in [5.41, 5.74) is 0.0914. The monoisotopic (exact) mass is 304 g/mol. The van der Waals surface area contributed by atoms with E-state index in [-0.39, 0.29) is 24.0 Å². The molecule has 1 unspecified atom stereocenters. The summed E-state index contributed by atoms with van der Waals surface area (Å²) in [4.78, 5) is 13.5. The van der Waals surface area contributed by atoms with Gasteiger partial charge in [-0.3, -0.25) is 4.79 Å². The van der Waals surface area contributed by atoms with E-state index >= 15 is 0 Å². The molecule has 0 bridgehead atoms. The van der Waals surface area contributed by atoms with Crippen molar-refractivity contribution in [2.24, 2.45) is 5.92 Å². The van der Waals surface area contributed by atoms with Crippen molar-refractivity contribution in [3.8, 4) is 5.69 Å². The Morgan fingerprint density at radius 1 is 1.45 bits per heavy atom. The third-order valence-corrected chi connectivity index (χ3v) is 3.99. The van der Waals surface area contributed by atoms with E-state index in [4.69, 9.17) is 0 Å². The normalized spacial score (nSPS) is 17.0. The maximum absolute atomic E-state index is 12.9. The summed E-state index contributed by atoms with van der Waals surface area (Å²) in [7, 11) is 0. The molecule has 1 amide bonds. The Morgan fingerprint density at radius 3 is 2.73 bits per heavy atom. The van der Waals surface area contributed by atoms with Gasteiger partial charge in [0.05, 0.1) is 24.0 Å². The average Bonchev–Trinajstić information content (AvgIpc) is 3.26. The van der Waals surface area contributed by atoms with Crippen molar-refractivity contribution in [3.05, 3.63) is 42.0 Å². The molecule has 1 heterocycles. The minimum absolute atomic E-state index is 0.116. The van der Waals surface area contributed by atoms with Gasteiger partial charge in [0.15, 0.2) is 5.69 Å². The van der Waals surface area contributed by atoms with Crippen molar-refractivity contribution in [3.63, 3.8) is 0 Å². The summed E-state index contributed by atoms with van der Waals surface area (Å²) >= 11 is 0. The second-order valence-corrected chi connectivity index (χ2v) is 5.80. The van der Waals surface area contributed by atoms with Crippen LogP contribution in [-0.2, 0) is 0 Å². The first-order valence-corrected chi connectivity index (χ1v) is 7.13. The van der Waals surface area contributed by atoms with Crippen molar-refractivity contribution in [2.75, 3.05) is 6.61 Å². The fraction of sp³-hybridized carbons (Fsp3) is 0.400. The predicted molar refractivity (Wildman–Crippen MR) is 77.0 cm³/mol. The van der Waals surface area contributed by atoms with Crippen molar-refractivity contribution in [1.82, 2.24) is 20.3 Å². The van der Waals surface area contributed by atoms with Crippen molar-refractivity contribution in [2.45, 2.75) is 25.3 Å². The van der Waals surface area contributed by atoms with Crippen LogP contribution >= 0.6 is 0 Å². The molecule has 0 spiro atoms. The Morgan fingerprint density at radius 2 is 2.14 bits per heavy atom. The number of nitrogens with one attached hydrogen (secondary N) is 1. The van der Waals surface area contributed by atoms with Crippen LogP contribution in [0.5, 0.6) is 0 Å². The molecule has 1 aromatic carbocycles. The molecular weight excluding hydrogens is 287 g/mol. The van der Waals surface area contributed by atoms with Gasteiger partial charge in [-0.25, -0.2) is 4.39 Å². The molecule has 1 saturated carbocycles. The van der Waals surface area contributed by atoms with Gasteiger partial charge >= 0.3 is 0 Å². The summed E-state index contributed by atoms with van der Waals surface area (Å²) in [5.74, 6) is -0.428. The molecule has 0 radical (unpaired) electrons. The summed E-state index contributed by atoms with van der Waals surface area (Å²) in [5, 5.41) is 20.5. The highest BCUT2D eigenvalue weighted by Crippen LogP contribution is 2.39. The summed E-state index contributed by atoms with van der Waals surface area (Å²) in [6.07, 6.45) is 3.35. The topological polar surface area (TPSA) is 80.0 Å². The molecule has 1 aliphatic carbocycles. The molecule has 6 nitrogen and oxygen atoms in total. The number of benzene rings is 1. The lowest BCUT2D eigenvalue weighted by molar-refractivity contribution is 0.0819. The second-order valence-electron chi connectivity index (χ2n) is 5.80. The van der Waals surface area contributed by atoms with Gasteiger partial charge in [0, 0.05) is 0 Å². The van der Waals surface area contributed by atoms with E-state index in [2.05, 4.69) is 15.5 Å². The van der Waals surface area contributed by atoms with Gasteiger partial charge in [-0.15, -0.1) is 5.10 Å². The van der Waals surface area contributed by atoms with E-state index in [1.54, 1.807) is 0 Å². The molecule has 1 fully saturated rings. The zero-order valence-electron chi connectivity index (χ0n) is 12.2. The molecule has 1 aliphatic rings. The Bertz CT molecular complexity index is 681.